The van der Waals surface area contributed by atoms with Crippen LogP contribution < -0.4 is 0 Å². The van der Waals surface area contributed by atoms with E-state index in [2.05, 4.69) is 0 Å². The minimum absolute atomic E-state index is 0.0700. The highest BCUT2D eigenvalue weighted by atomic mass is 16.4. The van der Waals surface area contributed by atoms with E-state index in [0.717, 1.165) is 6.42 Å². The highest BCUT2D eigenvalue weighted by Crippen LogP contribution is 2.57. The van der Waals surface area contributed by atoms with Crippen molar-refractivity contribution in [1.82, 2.24) is 0 Å². The third-order valence-electron chi connectivity index (χ3n) is 4.20. The van der Waals surface area contributed by atoms with Crippen LogP contribution in [0.2, 0.25) is 0 Å². The first-order valence-electron chi connectivity index (χ1n) is 5.47. The standard InChI is InChI=1S/C12H12O4/c13-11(14)6-3-7-5-1-9(8(7)4-6)10(2-5)12(15)16/h2-3,5,7-9H,1,4H2,(H,13,14)(H,15,16). The molecule has 2 N–H and O–H groups in total. The van der Waals surface area contributed by atoms with E-state index in [-0.39, 0.29) is 23.7 Å². The summed E-state index contributed by atoms with van der Waals surface area (Å²) in [6.07, 6.45) is 5.09. The minimum Gasteiger partial charge on any atom is -0.478 e. The van der Waals surface area contributed by atoms with Crippen molar-refractivity contribution in [3.8, 4) is 0 Å². The molecule has 4 unspecified atom stereocenters. The van der Waals surface area contributed by atoms with Gasteiger partial charge in [-0.25, -0.2) is 9.59 Å². The summed E-state index contributed by atoms with van der Waals surface area (Å²) in [4.78, 5) is 21.9. The molecular formula is C12H12O4. The van der Waals surface area contributed by atoms with Crippen LogP contribution >= 0.6 is 0 Å². The van der Waals surface area contributed by atoms with Crippen LogP contribution in [0.25, 0.3) is 0 Å². The molecule has 0 heterocycles. The predicted molar refractivity (Wildman–Crippen MR) is 54.6 cm³/mol. The molecule has 2 bridgehead atoms. The van der Waals surface area contributed by atoms with Gasteiger partial charge in [0.25, 0.3) is 0 Å². The van der Waals surface area contributed by atoms with Gasteiger partial charge in [-0.1, -0.05) is 12.2 Å². The number of hydrogen-bond acceptors (Lipinski definition) is 2. The zero-order chi connectivity index (χ0) is 11.4. The molecule has 84 valence electrons. The molecule has 0 amide bonds. The zero-order valence-electron chi connectivity index (χ0n) is 8.59. The summed E-state index contributed by atoms with van der Waals surface area (Å²) in [5.74, 6) is -0.898. The van der Waals surface area contributed by atoms with E-state index >= 15 is 0 Å². The van der Waals surface area contributed by atoms with Gasteiger partial charge in [0.15, 0.2) is 0 Å². The summed E-state index contributed by atoms with van der Waals surface area (Å²) in [7, 11) is 0. The van der Waals surface area contributed by atoms with E-state index in [1.165, 1.54) is 0 Å². The zero-order valence-corrected chi connectivity index (χ0v) is 8.59. The largest absolute Gasteiger partial charge is 0.478 e. The Kier molecular flexibility index (Phi) is 1.79. The topological polar surface area (TPSA) is 74.6 Å². The molecule has 16 heavy (non-hydrogen) atoms. The van der Waals surface area contributed by atoms with Crippen LogP contribution in [0, 0.1) is 23.7 Å². The molecule has 3 aliphatic carbocycles. The maximum Gasteiger partial charge on any atom is 0.331 e. The van der Waals surface area contributed by atoms with E-state index < -0.39 is 11.9 Å². The molecule has 1 saturated carbocycles. The monoisotopic (exact) mass is 220 g/mol. The van der Waals surface area contributed by atoms with E-state index in [1.54, 1.807) is 0 Å². The maximum atomic E-state index is 11.0. The Morgan fingerprint density at radius 3 is 2.56 bits per heavy atom. The summed E-state index contributed by atoms with van der Waals surface area (Å²) >= 11 is 0. The summed E-state index contributed by atoms with van der Waals surface area (Å²) in [5, 5.41) is 18.0. The first kappa shape index (κ1) is 9.63. The number of aliphatic carboxylic acids is 2. The van der Waals surface area contributed by atoms with Crippen LogP contribution in [0.1, 0.15) is 12.8 Å². The summed E-state index contributed by atoms with van der Waals surface area (Å²) in [5.41, 5.74) is 0.969. The lowest BCUT2D eigenvalue weighted by atomic mass is 9.81. The van der Waals surface area contributed by atoms with Gasteiger partial charge in [0.1, 0.15) is 0 Å². The average Bonchev–Trinajstić information content (AvgIpc) is 2.87. The number of fused-ring (bicyclic) bond motifs is 5. The Balaban J connectivity index is 1.89. The Hall–Kier alpha value is -1.58. The molecule has 1 fully saturated rings. The van der Waals surface area contributed by atoms with E-state index in [4.69, 9.17) is 10.2 Å². The first-order valence-corrected chi connectivity index (χ1v) is 5.47. The highest BCUT2D eigenvalue weighted by Gasteiger charge is 2.51. The molecule has 4 atom stereocenters. The van der Waals surface area contributed by atoms with Crippen molar-refractivity contribution in [1.29, 1.82) is 0 Å². The van der Waals surface area contributed by atoms with Crippen molar-refractivity contribution in [3.05, 3.63) is 23.3 Å². The summed E-state index contributed by atoms with van der Waals surface area (Å²) in [6.45, 7) is 0. The lowest BCUT2D eigenvalue weighted by molar-refractivity contribution is -0.133. The second-order valence-electron chi connectivity index (χ2n) is 4.88. The lowest BCUT2D eigenvalue weighted by Crippen LogP contribution is -2.21. The maximum absolute atomic E-state index is 11.0. The van der Waals surface area contributed by atoms with Crippen molar-refractivity contribution >= 4 is 11.9 Å². The number of rotatable bonds is 2. The Labute approximate surface area is 92.3 Å². The molecule has 3 aliphatic rings. The van der Waals surface area contributed by atoms with Crippen LogP contribution in [0.5, 0.6) is 0 Å². The van der Waals surface area contributed by atoms with Gasteiger partial charge in [-0.05, 0) is 36.5 Å². The van der Waals surface area contributed by atoms with Crippen LogP contribution in [0.4, 0.5) is 0 Å². The quantitative estimate of drug-likeness (QED) is 0.735. The number of carbonyl (C=O) groups is 2. The van der Waals surface area contributed by atoms with E-state index in [0.29, 0.717) is 17.6 Å². The van der Waals surface area contributed by atoms with Gasteiger partial charge in [-0.2, -0.15) is 0 Å². The average molecular weight is 220 g/mol. The normalized spacial score (nSPS) is 39.2. The molecule has 0 saturated heterocycles. The first-order chi connectivity index (χ1) is 7.58. The van der Waals surface area contributed by atoms with E-state index in [9.17, 15) is 9.59 Å². The molecule has 3 rings (SSSR count). The molecule has 0 spiro atoms. The lowest BCUT2D eigenvalue weighted by Gasteiger charge is -2.22. The number of carboxylic acids is 2. The summed E-state index contributed by atoms with van der Waals surface area (Å²) < 4.78 is 0. The summed E-state index contributed by atoms with van der Waals surface area (Å²) in [6, 6.07) is 0. The van der Waals surface area contributed by atoms with Gasteiger partial charge >= 0.3 is 11.9 Å². The number of hydrogen-bond donors (Lipinski definition) is 2. The molecule has 0 aromatic carbocycles. The van der Waals surface area contributed by atoms with Crippen molar-refractivity contribution in [2.75, 3.05) is 0 Å². The van der Waals surface area contributed by atoms with Gasteiger partial charge in [-0.15, -0.1) is 0 Å². The van der Waals surface area contributed by atoms with Crippen molar-refractivity contribution in [3.63, 3.8) is 0 Å². The van der Waals surface area contributed by atoms with Crippen molar-refractivity contribution in [2.24, 2.45) is 23.7 Å². The van der Waals surface area contributed by atoms with Crippen molar-refractivity contribution < 1.29 is 19.8 Å². The van der Waals surface area contributed by atoms with Gasteiger partial charge in [0.05, 0.1) is 0 Å². The second kappa shape index (κ2) is 2.97. The molecular weight excluding hydrogens is 208 g/mol. The van der Waals surface area contributed by atoms with Crippen LogP contribution in [-0.2, 0) is 9.59 Å². The molecule has 0 aromatic heterocycles. The molecule has 0 radical (unpaired) electrons. The molecule has 4 heteroatoms. The third-order valence-corrected chi connectivity index (χ3v) is 4.20. The fraction of sp³-hybridized carbons (Fsp3) is 0.500. The SMILES string of the molecule is O=C(O)C1=CC2C3C=C(C(=O)O)C(C3)C2C1. The molecule has 4 nitrogen and oxygen atoms in total. The minimum atomic E-state index is -0.856. The fourth-order valence-corrected chi connectivity index (χ4v) is 3.57. The number of carboxylic acid groups (broad SMARTS) is 2. The van der Waals surface area contributed by atoms with Gasteiger partial charge < -0.3 is 10.2 Å². The Morgan fingerprint density at radius 1 is 1.19 bits per heavy atom. The van der Waals surface area contributed by atoms with Gasteiger partial charge in [-0.3, -0.25) is 0 Å². The predicted octanol–water partition coefficient (Wildman–Crippen LogP) is 1.29. The Morgan fingerprint density at radius 2 is 1.94 bits per heavy atom. The second-order valence-corrected chi connectivity index (χ2v) is 4.88. The van der Waals surface area contributed by atoms with Crippen LogP contribution in [-0.4, -0.2) is 22.2 Å². The van der Waals surface area contributed by atoms with Gasteiger partial charge in [0.2, 0.25) is 0 Å². The molecule has 0 aliphatic heterocycles. The highest BCUT2D eigenvalue weighted by molar-refractivity contribution is 5.90. The third kappa shape index (κ3) is 1.10. The fourth-order valence-electron chi connectivity index (χ4n) is 3.57. The van der Waals surface area contributed by atoms with E-state index in [1.807, 2.05) is 12.2 Å². The van der Waals surface area contributed by atoms with Crippen LogP contribution in [0.15, 0.2) is 23.3 Å². The number of allylic oxidation sites excluding steroid dienone is 2. The smallest absolute Gasteiger partial charge is 0.331 e. The van der Waals surface area contributed by atoms with Crippen molar-refractivity contribution in [2.45, 2.75) is 12.8 Å². The van der Waals surface area contributed by atoms with Gasteiger partial charge in [0, 0.05) is 11.1 Å². The van der Waals surface area contributed by atoms with Crippen LogP contribution in [0.3, 0.4) is 0 Å². The Bertz CT molecular complexity index is 446. The molecule has 0 aromatic rings.